The van der Waals surface area contributed by atoms with E-state index < -0.39 is 6.10 Å². The Morgan fingerprint density at radius 2 is 2.12 bits per heavy atom. The average molecular weight is 349 g/mol. The van der Waals surface area contributed by atoms with Gasteiger partial charge in [-0.05, 0) is 31.3 Å². The molecule has 2 rings (SSSR count). The normalized spacial score (nSPS) is 16.1. The predicted octanol–water partition coefficient (Wildman–Crippen LogP) is 2.99. The van der Waals surface area contributed by atoms with Crippen molar-refractivity contribution < 1.29 is 24.1 Å². The molecule has 0 amide bonds. The minimum Gasteiger partial charge on any atom is -0.493 e. The van der Waals surface area contributed by atoms with Crippen LogP contribution in [-0.4, -0.2) is 43.0 Å². The molecule has 0 bridgehead atoms. The second-order valence-electron chi connectivity index (χ2n) is 6.18. The third-order valence-electron chi connectivity index (χ3n) is 4.43. The van der Waals surface area contributed by atoms with Gasteiger partial charge in [-0.2, -0.15) is 0 Å². The van der Waals surface area contributed by atoms with Crippen LogP contribution in [0.15, 0.2) is 18.3 Å². The van der Waals surface area contributed by atoms with E-state index in [0.717, 1.165) is 12.8 Å². The zero-order valence-electron chi connectivity index (χ0n) is 14.9. The van der Waals surface area contributed by atoms with Gasteiger partial charge in [-0.1, -0.05) is 18.9 Å². The molecule has 1 aromatic heterocycles. The summed E-state index contributed by atoms with van der Waals surface area (Å²) in [4.78, 5) is 15.4. The fourth-order valence-corrected chi connectivity index (χ4v) is 2.95. The van der Waals surface area contributed by atoms with Crippen molar-refractivity contribution in [2.45, 2.75) is 44.6 Å². The van der Waals surface area contributed by atoms with E-state index in [2.05, 4.69) is 9.72 Å². The van der Waals surface area contributed by atoms with E-state index >= 15 is 0 Å². The van der Waals surface area contributed by atoms with E-state index in [0.29, 0.717) is 42.6 Å². The summed E-state index contributed by atoms with van der Waals surface area (Å²) in [6, 6.07) is 1.77. The smallest absolute Gasteiger partial charge is 0.305 e. The maximum absolute atomic E-state index is 11.1. The second-order valence-corrected chi connectivity index (χ2v) is 6.18. The quantitative estimate of drug-likeness (QED) is 0.545. The minimum atomic E-state index is -0.426. The van der Waals surface area contributed by atoms with E-state index in [4.69, 9.17) is 9.47 Å². The molecule has 1 aromatic rings. The molecule has 1 aliphatic carbocycles. The molecule has 0 spiro atoms. The van der Waals surface area contributed by atoms with Gasteiger partial charge in [0.2, 0.25) is 0 Å². The SMILES string of the molecule is COC(=O)CCCOc1cnc(C=CC(O)C2CCCC2)cc1OC. The molecule has 0 saturated heterocycles. The van der Waals surface area contributed by atoms with Gasteiger partial charge in [0.1, 0.15) is 0 Å². The lowest BCUT2D eigenvalue weighted by atomic mass is 10.0. The molecule has 0 radical (unpaired) electrons. The van der Waals surface area contributed by atoms with Crippen LogP contribution in [0, 0.1) is 5.92 Å². The molecule has 1 N–H and O–H groups in total. The number of esters is 1. The molecule has 0 aromatic carbocycles. The van der Waals surface area contributed by atoms with Crippen LogP contribution >= 0.6 is 0 Å². The molecule has 1 aliphatic rings. The molecule has 6 nitrogen and oxygen atoms in total. The summed E-state index contributed by atoms with van der Waals surface area (Å²) in [6.07, 6.45) is 10.2. The van der Waals surface area contributed by atoms with Crippen LogP contribution < -0.4 is 9.47 Å². The first-order chi connectivity index (χ1) is 12.1. The van der Waals surface area contributed by atoms with Crippen LogP contribution in [0.2, 0.25) is 0 Å². The summed E-state index contributed by atoms with van der Waals surface area (Å²) < 4.78 is 15.5. The van der Waals surface area contributed by atoms with Gasteiger partial charge in [0.25, 0.3) is 0 Å². The number of hydrogen-bond acceptors (Lipinski definition) is 6. The van der Waals surface area contributed by atoms with Gasteiger partial charge < -0.3 is 19.3 Å². The second kappa shape index (κ2) is 10.0. The third kappa shape index (κ3) is 6.05. The van der Waals surface area contributed by atoms with Crippen molar-refractivity contribution in [3.63, 3.8) is 0 Å². The summed E-state index contributed by atoms with van der Waals surface area (Å²) in [6.45, 7) is 0.378. The molecule has 1 fully saturated rings. The first kappa shape index (κ1) is 19.2. The Kier molecular flexibility index (Phi) is 7.73. The van der Waals surface area contributed by atoms with Gasteiger partial charge in [-0.25, -0.2) is 0 Å². The van der Waals surface area contributed by atoms with Crippen molar-refractivity contribution in [3.05, 3.63) is 24.0 Å². The number of carbonyl (C=O) groups excluding carboxylic acids is 1. The van der Waals surface area contributed by atoms with E-state index in [1.165, 1.54) is 20.0 Å². The van der Waals surface area contributed by atoms with E-state index in [9.17, 15) is 9.90 Å². The Balaban J connectivity index is 1.90. The molecule has 25 heavy (non-hydrogen) atoms. The number of methoxy groups -OCH3 is 2. The van der Waals surface area contributed by atoms with Crippen LogP contribution in [0.4, 0.5) is 0 Å². The Morgan fingerprint density at radius 3 is 2.80 bits per heavy atom. The summed E-state index contributed by atoms with van der Waals surface area (Å²) in [5.41, 5.74) is 0.704. The fraction of sp³-hybridized carbons (Fsp3) is 0.579. The van der Waals surface area contributed by atoms with Gasteiger partial charge in [-0.15, -0.1) is 0 Å². The van der Waals surface area contributed by atoms with E-state index in [-0.39, 0.29) is 5.97 Å². The first-order valence-corrected chi connectivity index (χ1v) is 8.74. The van der Waals surface area contributed by atoms with Crippen LogP contribution in [0.3, 0.4) is 0 Å². The monoisotopic (exact) mass is 349 g/mol. The Morgan fingerprint density at radius 1 is 1.36 bits per heavy atom. The largest absolute Gasteiger partial charge is 0.493 e. The lowest BCUT2D eigenvalue weighted by Gasteiger charge is -2.13. The number of aliphatic hydroxyl groups excluding tert-OH is 1. The molecule has 1 unspecified atom stereocenters. The van der Waals surface area contributed by atoms with Crippen molar-refractivity contribution in [1.82, 2.24) is 4.98 Å². The molecular weight excluding hydrogens is 322 g/mol. The number of aliphatic hydroxyl groups is 1. The van der Waals surface area contributed by atoms with Gasteiger partial charge in [0.05, 0.1) is 38.8 Å². The Hall–Kier alpha value is -2.08. The van der Waals surface area contributed by atoms with Gasteiger partial charge >= 0.3 is 5.97 Å². The molecule has 1 saturated carbocycles. The van der Waals surface area contributed by atoms with E-state index in [1.807, 2.05) is 6.08 Å². The molecule has 6 heteroatoms. The van der Waals surface area contributed by atoms with Crippen molar-refractivity contribution in [1.29, 1.82) is 0 Å². The number of ether oxygens (including phenoxy) is 3. The summed E-state index contributed by atoms with van der Waals surface area (Å²) >= 11 is 0. The fourth-order valence-electron chi connectivity index (χ4n) is 2.95. The number of carbonyl (C=O) groups is 1. The molecule has 138 valence electrons. The Labute approximate surface area is 148 Å². The first-order valence-electron chi connectivity index (χ1n) is 8.74. The molecule has 1 atom stereocenters. The average Bonchev–Trinajstić information content (AvgIpc) is 3.18. The third-order valence-corrected chi connectivity index (χ3v) is 4.43. The highest BCUT2D eigenvalue weighted by Crippen LogP contribution is 2.29. The lowest BCUT2D eigenvalue weighted by molar-refractivity contribution is -0.140. The van der Waals surface area contributed by atoms with Crippen molar-refractivity contribution in [3.8, 4) is 11.5 Å². The Bertz CT molecular complexity index is 581. The minimum absolute atomic E-state index is 0.255. The molecule has 1 heterocycles. The highest BCUT2D eigenvalue weighted by molar-refractivity contribution is 5.69. The van der Waals surface area contributed by atoms with Gasteiger partial charge in [0, 0.05) is 12.5 Å². The van der Waals surface area contributed by atoms with Crippen LogP contribution in [0.25, 0.3) is 6.08 Å². The standard InChI is InChI=1S/C19H27NO5/c1-23-17-12-15(9-10-16(21)14-6-3-4-7-14)20-13-18(17)25-11-5-8-19(22)24-2/h9-10,12-14,16,21H,3-8,11H2,1-2H3. The summed E-state index contributed by atoms with van der Waals surface area (Å²) in [5.74, 6) is 1.20. The van der Waals surface area contributed by atoms with Crippen LogP contribution in [0.1, 0.15) is 44.2 Å². The zero-order valence-corrected chi connectivity index (χ0v) is 14.9. The molecule has 0 aliphatic heterocycles. The topological polar surface area (TPSA) is 77.9 Å². The van der Waals surface area contributed by atoms with Gasteiger partial charge in [-0.3, -0.25) is 9.78 Å². The van der Waals surface area contributed by atoms with E-state index in [1.54, 1.807) is 25.4 Å². The molecular formula is C19H27NO5. The summed E-state index contributed by atoms with van der Waals surface area (Å²) in [5, 5.41) is 10.2. The van der Waals surface area contributed by atoms with Crippen molar-refractivity contribution in [2.75, 3.05) is 20.8 Å². The highest BCUT2D eigenvalue weighted by Gasteiger charge is 2.21. The maximum Gasteiger partial charge on any atom is 0.305 e. The lowest BCUT2D eigenvalue weighted by Crippen LogP contribution is -2.14. The summed E-state index contributed by atoms with van der Waals surface area (Å²) in [7, 11) is 2.93. The number of pyridine rings is 1. The number of aromatic nitrogens is 1. The van der Waals surface area contributed by atoms with Crippen LogP contribution in [0.5, 0.6) is 11.5 Å². The number of nitrogens with zero attached hydrogens (tertiary/aromatic N) is 1. The van der Waals surface area contributed by atoms with Crippen molar-refractivity contribution >= 4 is 12.0 Å². The number of rotatable bonds is 9. The highest BCUT2D eigenvalue weighted by atomic mass is 16.5. The zero-order chi connectivity index (χ0) is 18.1. The van der Waals surface area contributed by atoms with Gasteiger partial charge in [0.15, 0.2) is 11.5 Å². The number of hydrogen-bond donors (Lipinski definition) is 1. The van der Waals surface area contributed by atoms with Crippen LogP contribution in [-0.2, 0) is 9.53 Å². The maximum atomic E-state index is 11.1. The predicted molar refractivity (Wildman–Crippen MR) is 94.5 cm³/mol. The van der Waals surface area contributed by atoms with Crippen molar-refractivity contribution in [2.24, 2.45) is 5.92 Å².